The molecule has 0 aliphatic heterocycles. The van der Waals surface area contributed by atoms with Crippen LogP contribution in [-0.4, -0.2) is 4.98 Å². The standard InChI is InChI=1S/C13H14F2N2S/c1-2-13-17-11(8-18-13)7-16-6-9-3-4-10(14)5-12(9)15/h3-5,8,16H,2,6-7H2,1H3. The van der Waals surface area contributed by atoms with Gasteiger partial charge in [-0.1, -0.05) is 13.0 Å². The van der Waals surface area contributed by atoms with Gasteiger partial charge in [-0.05, 0) is 12.5 Å². The van der Waals surface area contributed by atoms with Gasteiger partial charge in [-0.3, -0.25) is 0 Å². The summed E-state index contributed by atoms with van der Waals surface area (Å²) in [4.78, 5) is 4.40. The number of hydrogen-bond acceptors (Lipinski definition) is 3. The van der Waals surface area contributed by atoms with Crippen molar-refractivity contribution in [2.24, 2.45) is 0 Å². The van der Waals surface area contributed by atoms with E-state index in [0.29, 0.717) is 18.7 Å². The van der Waals surface area contributed by atoms with Gasteiger partial charge in [-0.2, -0.15) is 0 Å². The van der Waals surface area contributed by atoms with E-state index < -0.39 is 11.6 Å². The number of aryl methyl sites for hydroxylation is 1. The Bertz CT molecular complexity index is 525. The number of nitrogens with zero attached hydrogens (tertiary/aromatic N) is 1. The second-order valence-electron chi connectivity index (χ2n) is 3.93. The number of hydrogen-bond donors (Lipinski definition) is 1. The van der Waals surface area contributed by atoms with Gasteiger partial charge < -0.3 is 5.32 Å². The first-order valence-electron chi connectivity index (χ1n) is 5.77. The van der Waals surface area contributed by atoms with Crippen LogP contribution >= 0.6 is 11.3 Å². The SMILES string of the molecule is CCc1nc(CNCc2ccc(F)cc2F)cs1. The molecule has 2 rings (SSSR count). The van der Waals surface area contributed by atoms with Crippen LogP contribution in [0.3, 0.4) is 0 Å². The third-order valence-corrected chi connectivity index (χ3v) is 3.58. The fraction of sp³-hybridized carbons (Fsp3) is 0.308. The molecule has 0 saturated carbocycles. The number of nitrogens with one attached hydrogen (secondary N) is 1. The quantitative estimate of drug-likeness (QED) is 0.900. The number of thiazole rings is 1. The summed E-state index contributed by atoms with van der Waals surface area (Å²) >= 11 is 1.63. The summed E-state index contributed by atoms with van der Waals surface area (Å²) in [5.41, 5.74) is 1.42. The minimum Gasteiger partial charge on any atom is -0.307 e. The van der Waals surface area contributed by atoms with Crippen molar-refractivity contribution in [2.45, 2.75) is 26.4 Å². The molecule has 18 heavy (non-hydrogen) atoms. The van der Waals surface area contributed by atoms with Gasteiger partial charge >= 0.3 is 0 Å². The van der Waals surface area contributed by atoms with Gasteiger partial charge in [0.15, 0.2) is 0 Å². The monoisotopic (exact) mass is 268 g/mol. The van der Waals surface area contributed by atoms with Gasteiger partial charge in [0.1, 0.15) is 11.6 Å². The zero-order valence-electron chi connectivity index (χ0n) is 10.0. The zero-order valence-corrected chi connectivity index (χ0v) is 10.9. The summed E-state index contributed by atoms with van der Waals surface area (Å²) in [5.74, 6) is -1.07. The molecular formula is C13H14F2N2S. The molecule has 2 nitrogen and oxygen atoms in total. The average molecular weight is 268 g/mol. The molecule has 0 saturated heterocycles. The van der Waals surface area contributed by atoms with E-state index in [2.05, 4.69) is 17.2 Å². The van der Waals surface area contributed by atoms with Crippen LogP contribution in [0.15, 0.2) is 23.6 Å². The molecule has 1 aromatic heterocycles. The van der Waals surface area contributed by atoms with Crippen LogP contribution in [0.2, 0.25) is 0 Å². The topological polar surface area (TPSA) is 24.9 Å². The summed E-state index contributed by atoms with van der Waals surface area (Å²) in [7, 11) is 0. The van der Waals surface area contributed by atoms with E-state index in [1.165, 1.54) is 12.1 Å². The van der Waals surface area contributed by atoms with Crippen LogP contribution in [0.4, 0.5) is 8.78 Å². The maximum Gasteiger partial charge on any atom is 0.130 e. The van der Waals surface area contributed by atoms with Crippen molar-refractivity contribution < 1.29 is 8.78 Å². The smallest absolute Gasteiger partial charge is 0.130 e. The number of benzene rings is 1. The van der Waals surface area contributed by atoms with Crippen LogP contribution < -0.4 is 5.32 Å². The summed E-state index contributed by atoms with van der Waals surface area (Å²) in [5, 5.41) is 6.19. The molecule has 0 amide bonds. The van der Waals surface area contributed by atoms with Gasteiger partial charge in [-0.15, -0.1) is 11.3 Å². The molecule has 0 fully saturated rings. The third kappa shape index (κ3) is 3.34. The third-order valence-electron chi connectivity index (χ3n) is 2.54. The molecule has 0 atom stereocenters. The zero-order chi connectivity index (χ0) is 13.0. The van der Waals surface area contributed by atoms with Crippen molar-refractivity contribution in [1.29, 1.82) is 0 Å². The Labute approximate surface area is 109 Å². The maximum atomic E-state index is 13.3. The van der Waals surface area contributed by atoms with Crippen LogP contribution in [0.5, 0.6) is 0 Å². The molecule has 1 aromatic carbocycles. The van der Waals surface area contributed by atoms with Crippen molar-refractivity contribution in [3.63, 3.8) is 0 Å². The second kappa shape index (κ2) is 6.02. The Morgan fingerprint density at radius 1 is 1.28 bits per heavy atom. The highest BCUT2D eigenvalue weighted by molar-refractivity contribution is 7.09. The lowest BCUT2D eigenvalue weighted by molar-refractivity contribution is 0.559. The molecule has 0 bridgehead atoms. The lowest BCUT2D eigenvalue weighted by Crippen LogP contribution is -2.14. The van der Waals surface area contributed by atoms with Crippen LogP contribution in [0.25, 0.3) is 0 Å². The molecule has 96 valence electrons. The van der Waals surface area contributed by atoms with E-state index in [-0.39, 0.29) is 0 Å². The number of aromatic nitrogens is 1. The lowest BCUT2D eigenvalue weighted by Gasteiger charge is -2.04. The Morgan fingerprint density at radius 2 is 2.11 bits per heavy atom. The molecule has 0 radical (unpaired) electrons. The number of halogens is 2. The van der Waals surface area contributed by atoms with E-state index in [1.807, 2.05) is 5.38 Å². The summed E-state index contributed by atoms with van der Waals surface area (Å²) < 4.78 is 26.0. The molecular weight excluding hydrogens is 254 g/mol. The van der Waals surface area contributed by atoms with E-state index >= 15 is 0 Å². The van der Waals surface area contributed by atoms with Crippen molar-refractivity contribution in [3.8, 4) is 0 Å². The molecule has 0 aliphatic rings. The Kier molecular flexibility index (Phi) is 4.38. The molecule has 0 aliphatic carbocycles. The minimum absolute atomic E-state index is 0.366. The highest BCUT2D eigenvalue weighted by Gasteiger charge is 2.04. The van der Waals surface area contributed by atoms with Crippen molar-refractivity contribution in [3.05, 3.63) is 51.5 Å². The van der Waals surface area contributed by atoms with Crippen LogP contribution in [-0.2, 0) is 19.5 Å². The Balaban J connectivity index is 1.88. The predicted octanol–water partition coefficient (Wildman–Crippen LogP) is 3.27. The second-order valence-corrected chi connectivity index (χ2v) is 4.87. The van der Waals surface area contributed by atoms with Crippen molar-refractivity contribution in [1.82, 2.24) is 10.3 Å². The fourth-order valence-electron chi connectivity index (χ4n) is 1.58. The molecule has 0 unspecified atom stereocenters. The molecule has 1 N–H and O–H groups in total. The maximum absolute atomic E-state index is 13.3. The first kappa shape index (κ1) is 13.1. The van der Waals surface area contributed by atoms with Gasteiger partial charge in [0.05, 0.1) is 10.7 Å². The molecule has 0 spiro atoms. The summed E-state index contributed by atoms with van der Waals surface area (Å²) in [6, 6.07) is 3.61. The van der Waals surface area contributed by atoms with Crippen LogP contribution in [0, 0.1) is 11.6 Å². The fourth-order valence-corrected chi connectivity index (χ4v) is 2.33. The van der Waals surface area contributed by atoms with E-state index in [4.69, 9.17) is 0 Å². The Morgan fingerprint density at radius 3 is 2.78 bits per heavy atom. The summed E-state index contributed by atoms with van der Waals surface area (Å²) in [6.45, 7) is 3.02. The number of rotatable bonds is 5. The lowest BCUT2D eigenvalue weighted by atomic mass is 10.2. The predicted molar refractivity (Wildman–Crippen MR) is 68.4 cm³/mol. The first-order chi connectivity index (χ1) is 8.69. The van der Waals surface area contributed by atoms with Crippen molar-refractivity contribution in [2.75, 3.05) is 0 Å². The van der Waals surface area contributed by atoms with E-state index in [1.54, 1.807) is 11.3 Å². The molecule has 1 heterocycles. The van der Waals surface area contributed by atoms with E-state index in [0.717, 1.165) is 23.2 Å². The minimum atomic E-state index is -0.552. The first-order valence-corrected chi connectivity index (χ1v) is 6.65. The molecule has 2 aromatic rings. The summed E-state index contributed by atoms with van der Waals surface area (Å²) in [6.07, 6.45) is 0.928. The highest BCUT2D eigenvalue weighted by Crippen LogP contribution is 2.11. The average Bonchev–Trinajstić information content (AvgIpc) is 2.80. The van der Waals surface area contributed by atoms with Gasteiger partial charge in [0, 0.05) is 30.1 Å². The van der Waals surface area contributed by atoms with Gasteiger partial charge in [-0.25, -0.2) is 13.8 Å². The normalized spacial score (nSPS) is 10.8. The molecule has 5 heteroatoms. The largest absolute Gasteiger partial charge is 0.307 e. The van der Waals surface area contributed by atoms with Crippen molar-refractivity contribution >= 4 is 11.3 Å². The van der Waals surface area contributed by atoms with E-state index in [9.17, 15) is 8.78 Å². The highest BCUT2D eigenvalue weighted by atomic mass is 32.1. The van der Waals surface area contributed by atoms with Gasteiger partial charge in [0.25, 0.3) is 0 Å². The van der Waals surface area contributed by atoms with Crippen LogP contribution in [0.1, 0.15) is 23.2 Å². The Hall–Kier alpha value is -1.33. The van der Waals surface area contributed by atoms with Gasteiger partial charge in [0.2, 0.25) is 0 Å².